The lowest BCUT2D eigenvalue weighted by atomic mass is 10.0. The van der Waals surface area contributed by atoms with Crippen molar-refractivity contribution >= 4 is 5.78 Å². The van der Waals surface area contributed by atoms with E-state index in [4.69, 9.17) is 0 Å². The SMILES string of the molecule is CCCC(=O)CCCCC(C)C. The first-order valence-electron chi connectivity index (χ1n) is 5.18. The maximum atomic E-state index is 11.1. The summed E-state index contributed by atoms with van der Waals surface area (Å²) in [5.41, 5.74) is 0. The van der Waals surface area contributed by atoms with Crippen molar-refractivity contribution in [2.45, 2.75) is 59.3 Å². The minimum absolute atomic E-state index is 0.446. The highest BCUT2D eigenvalue weighted by Gasteiger charge is 2.00. The molecule has 0 aliphatic carbocycles. The Morgan fingerprint density at radius 3 is 2.33 bits per heavy atom. The average molecular weight is 170 g/mol. The van der Waals surface area contributed by atoms with Gasteiger partial charge in [-0.25, -0.2) is 0 Å². The van der Waals surface area contributed by atoms with Gasteiger partial charge in [0.05, 0.1) is 0 Å². The van der Waals surface area contributed by atoms with Gasteiger partial charge in [-0.05, 0) is 18.8 Å². The predicted molar refractivity (Wildman–Crippen MR) is 53.2 cm³/mol. The molecule has 0 aromatic heterocycles. The number of Topliss-reactive ketones (excluding diaryl/α,β-unsaturated/α-hetero) is 1. The van der Waals surface area contributed by atoms with Crippen LogP contribution in [-0.2, 0) is 4.79 Å². The van der Waals surface area contributed by atoms with E-state index in [0.717, 1.165) is 31.6 Å². The third-order valence-corrected chi connectivity index (χ3v) is 2.02. The Morgan fingerprint density at radius 1 is 1.17 bits per heavy atom. The Kier molecular flexibility index (Phi) is 7.12. The molecule has 1 nitrogen and oxygen atoms in total. The Morgan fingerprint density at radius 2 is 1.83 bits per heavy atom. The van der Waals surface area contributed by atoms with E-state index in [2.05, 4.69) is 20.8 Å². The fraction of sp³-hybridized carbons (Fsp3) is 0.909. The van der Waals surface area contributed by atoms with Gasteiger partial charge in [-0.1, -0.05) is 33.6 Å². The molecule has 0 aliphatic rings. The largest absolute Gasteiger partial charge is 0.300 e. The van der Waals surface area contributed by atoms with Crippen LogP contribution in [0.25, 0.3) is 0 Å². The van der Waals surface area contributed by atoms with Crippen LogP contribution in [0.15, 0.2) is 0 Å². The Hall–Kier alpha value is -0.330. The van der Waals surface area contributed by atoms with Gasteiger partial charge in [0.25, 0.3) is 0 Å². The van der Waals surface area contributed by atoms with Crippen molar-refractivity contribution in [2.75, 3.05) is 0 Å². The van der Waals surface area contributed by atoms with Gasteiger partial charge in [0.2, 0.25) is 0 Å². The number of carbonyl (C=O) groups is 1. The Labute approximate surface area is 76.6 Å². The minimum atomic E-state index is 0.446. The van der Waals surface area contributed by atoms with Crippen molar-refractivity contribution in [1.82, 2.24) is 0 Å². The summed E-state index contributed by atoms with van der Waals surface area (Å²) in [4.78, 5) is 11.1. The van der Waals surface area contributed by atoms with Crippen molar-refractivity contribution in [3.05, 3.63) is 0 Å². The van der Waals surface area contributed by atoms with Crippen molar-refractivity contribution < 1.29 is 4.79 Å². The number of unbranched alkanes of at least 4 members (excludes halogenated alkanes) is 1. The van der Waals surface area contributed by atoms with Gasteiger partial charge in [-0.15, -0.1) is 0 Å². The van der Waals surface area contributed by atoms with Crippen LogP contribution in [-0.4, -0.2) is 5.78 Å². The summed E-state index contributed by atoms with van der Waals surface area (Å²) in [5, 5.41) is 0. The van der Waals surface area contributed by atoms with E-state index in [1.54, 1.807) is 0 Å². The van der Waals surface area contributed by atoms with E-state index in [1.807, 2.05) is 0 Å². The van der Waals surface area contributed by atoms with Crippen LogP contribution < -0.4 is 0 Å². The van der Waals surface area contributed by atoms with Crippen LogP contribution in [0.3, 0.4) is 0 Å². The summed E-state index contributed by atoms with van der Waals surface area (Å²) < 4.78 is 0. The molecule has 0 aromatic carbocycles. The van der Waals surface area contributed by atoms with Crippen molar-refractivity contribution in [3.63, 3.8) is 0 Å². The molecule has 0 saturated carbocycles. The number of carbonyl (C=O) groups excluding carboxylic acids is 1. The van der Waals surface area contributed by atoms with E-state index in [-0.39, 0.29) is 0 Å². The summed E-state index contributed by atoms with van der Waals surface area (Å²) in [6.07, 6.45) is 6.16. The highest BCUT2D eigenvalue weighted by Crippen LogP contribution is 2.09. The minimum Gasteiger partial charge on any atom is -0.300 e. The van der Waals surface area contributed by atoms with Gasteiger partial charge in [-0.3, -0.25) is 4.79 Å². The summed E-state index contributed by atoms with van der Waals surface area (Å²) in [7, 11) is 0. The highest BCUT2D eigenvalue weighted by molar-refractivity contribution is 5.78. The monoisotopic (exact) mass is 170 g/mol. The summed E-state index contributed by atoms with van der Waals surface area (Å²) in [6, 6.07) is 0. The molecular formula is C11H22O. The first kappa shape index (κ1) is 11.7. The molecule has 72 valence electrons. The van der Waals surface area contributed by atoms with Crippen LogP contribution in [0.4, 0.5) is 0 Å². The molecule has 0 heterocycles. The average Bonchev–Trinajstić information content (AvgIpc) is 1.98. The van der Waals surface area contributed by atoms with Gasteiger partial charge < -0.3 is 0 Å². The maximum absolute atomic E-state index is 11.1. The van der Waals surface area contributed by atoms with E-state index in [9.17, 15) is 4.79 Å². The second-order valence-electron chi connectivity index (χ2n) is 3.93. The van der Waals surface area contributed by atoms with Crippen LogP contribution in [0.1, 0.15) is 59.3 Å². The molecule has 0 saturated heterocycles. The zero-order chi connectivity index (χ0) is 9.40. The zero-order valence-electron chi connectivity index (χ0n) is 8.73. The lowest BCUT2D eigenvalue weighted by Gasteiger charge is -2.03. The first-order valence-corrected chi connectivity index (χ1v) is 5.18. The third kappa shape index (κ3) is 7.77. The first-order chi connectivity index (χ1) is 5.66. The summed E-state index contributed by atoms with van der Waals surface area (Å²) >= 11 is 0. The van der Waals surface area contributed by atoms with Gasteiger partial charge in [0.15, 0.2) is 0 Å². The molecule has 12 heavy (non-hydrogen) atoms. The molecule has 1 heteroatoms. The molecule has 0 aliphatic heterocycles. The predicted octanol–water partition coefficient (Wildman–Crippen LogP) is 3.57. The number of hydrogen-bond donors (Lipinski definition) is 0. The maximum Gasteiger partial charge on any atom is 0.132 e. The highest BCUT2D eigenvalue weighted by atomic mass is 16.1. The zero-order valence-corrected chi connectivity index (χ0v) is 8.73. The molecule has 0 rings (SSSR count). The Bertz CT molecular complexity index is 116. The van der Waals surface area contributed by atoms with Crippen molar-refractivity contribution in [3.8, 4) is 0 Å². The smallest absolute Gasteiger partial charge is 0.132 e. The van der Waals surface area contributed by atoms with Crippen LogP contribution >= 0.6 is 0 Å². The van der Waals surface area contributed by atoms with Gasteiger partial charge in [0.1, 0.15) is 5.78 Å². The van der Waals surface area contributed by atoms with Gasteiger partial charge in [0, 0.05) is 12.8 Å². The molecule has 0 spiro atoms. The molecule has 0 unspecified atom stereocenters. The molecule has 0 radical (unpaired) electrons. The lowest BCUT2D eigenvalue weighted by molar-refractivity contribution is -0.119. The molecular weight excluding hydrogens is 148 g/mol. The molecule has 0 bridgehead atoms. The van der Waals surface area contributed by atoms with E-state index in [1.165, 1.54) is 12.8 Å². The van der Waals surface area contributed by atoms with E-state index >= 15 is 0 Å². The molecule has 0 N–H and O–H groups in total. The summed E-state index contributed by atoms with van der Waals surface area (Å²) in [5.74, 6) is 1.23. The van der Waals surface area contributed by atoms with E-state index < -0.39 is 0 Å². The molecule has 0 atom stereocenters. The number of hydrogen-bond acceptors (Lipinski definition) is 1. The Balaban J connectivity index is 3.14. The molecule has 0 amide bonds. The second kappa shape index (κ2) is 7.33. The van der Waals surface area contributed by atoms with Crippen LogP contribution in [0.2, 0.25) is 0 Å². The second-order valence-corrected chi connectivity index (χ2v) is 3.93. The number of ketones is 1. The van der Waals surface area contributed by atoms with Crippen molar-refractivity contribution in [2.24, 2.45) is 5.92 Å². The fourth-order valence-electron chi connectivity index (χ4n) is 1.28. The number of rotatable bonds is 7. The third-order valence-electron chi connectivity index (χ3n) is 2.02. The normalized spacial score (nSPS) is 10.7. The quantitative estimate of drug-likeness (QED) is 0.534. The van der Waals surface area contributed by atoms with Crippen LogP contribution in [0.5, 0.6) is 0 Å². The van der Waals surface area contributed by atoms with Crippen LogP contribution in [0, 0.1) is 5.92 Å². The van der Waals surface area contributed by atoms with Gasteiger partial charge in [-0.2, -0.15) is 0 Å². The standard InChI is InChI=1S/C11H22O/c1-4-7-11(12)9-6-5-8-10(2)3/h10H,4-9H2,1-3H3. The molecule has 0 aromatic rings. The van der Waals surface area contributed by atoms with Gasteiger partial charge >= 0.3 is 0 Å². The van der Waals surface area contributed by atoms with E-state index in [0.29, 0.717) is 5.78 Å². The fourth-order valence-corrected chi connectivity index (χ4v) is 1.28. The van der Waals surface area contributed by atoms with Crippen molar-refractivity contribution in [1.29, 1.82) is 0 Å². The summed E-state index contributed by atoms with van der Waals surface area (Å²) in [6.45, 7) is 6.52. The lowest BCUT2D eigenvalue weighted by Crippen LogP contribution is -1.97. The topological polar surface area (TPSA) is 17.1 Å². The molecule has 0 fully saturated rings.